The van der Waals surface area contributed by atoms with Crippen LogP contribution < -0.4 is 5.73 Å². The van der Waals surface area contributed by atoms with Crippen LogP contribution >= 0.6 is 0 Å². The molecule has 0 amide bonds. The first-order valence-electron chi connectivity index (χ1n) is 5.56. The summed E-state index contributed by atoms with van der Waals surface area (Å²) in [7, 11) is 1.34. The molecule has 5 nitrogen and oxygen atoms in total. The average molecular weight is 225 g/mol. The number of nitrogens with two attached hydrogens (primary N) is 1. The van der Waals surface area contributed by atoms with E-state index in [1.807, 2.05) is 0 Å². The van der Waals surface area contributed by atoms with Gasteiger partial charge in [0.05, 0.1) is 12.8 Å². The number of carbonyl (C=O) groups is 1. The highest BCUT2D eigenvalue weighted by atomic mass is 16.5. The fourth-order valence-corrected chi connectivity index (χ4v) is 1.82. The molecule has 1 aliphatic rings. The lowest BCUT2D eigenvalue weighted by Crippen LogP contribution is -2.41. The minimum atomic E-state index is -0.980. The van der Waals surface area contributed by atoms with Crippen LogP contribution in [0.5, 0.6) is 0 Å². The minimum absolute atomic E-state index is 0.395. The van der Waals surface area contributed by atoms with Gasteiger partial charge in [0, 0.05) is 0 Å². The van der Waals surface area contributed by atoms with Crippen LogP contribution in [0.25, 0.3) is 0 Å². The van der Waals surface area contributed by atoms with E-state index in [0.717, 1.165) is 19.3 Å². The second-order valence-corrected chi connectivity index (χ2v) is 4.03. The molecule has 1 aliphatic heterocycles. The summed E-state index contributed by atoms with van der Waals surface area (Å²) >= 11 is 0. The van der Waals surface area contributed by atoms with E-state index in [0.29, 0.717) is 17.7 Å². The lowest BCUT2D eigenvalue weighted by molar-refractivity contribution is -0.136. The fraction of sp³-hybridized carbons (Fsp3) is 0.727. The molecule has 5 heteroatoms. The third kappa shape index (κ3) is 2.47. The van der Waals surface area contributed by atoms with Gasteiger partial charge in [-0.15, -0.1) is 0 Å². The highest BCUT2D eigenvalue weighted by Gasteiger charge is 2.40. The molecule has 2 N–H and O–H groups in total. The van der Waals surface area contributed by atoms with Gasteiger partial charge in [0.1, 0.15) is 5.57 Å². The molecular weight excluding hydrogens is 206 g/mol. The highest BCUT2D eigenvalue weighted by molar-refractivity contribution is 5.92. The van der Waals surface area contributed by atoms with Crippen molar-refractivity contribution in [2.24, 2.45) is 16.0 Å². The summed E-state index contributed by atoms with van der Waals surface area (Å²) in [5.41, 5.74) is 6.07. The van der Waals surface area contributed by atoms with Gasteiger partial charge < -0.3 is 10.5 Å². The molecule has 16 heavy (non-hydrogen) atoms. The second-order valence-electron chi connectivity index (χ2n) is 4.03. The van der Waals surface area contributed by atoms with Crippen molar-refractivity contribution in [3.8, 4) is 0 Å². The zero-order chi connectivity index (χ0) is 12.2. The van der Waals surface area contributed by atoms with Crippen molar-refractivity contribution >= 4 is 5.97 Å². The van der Waals surface area contributed by atoms with E-state index < -0.39 is 11.6 Å². The third-order valence-corrected chi connectivity index (χ3v) is 2.72. The number of ether oxygens (including phenoxy) is 1. The quantitative estimate of drug-likeness (QED) is 0.575. The normalized spacial score (nSPS) is 24.0. The molecule has 0 aromatic heterocycles. The highest BCUT2D eigenvalue weighted by Crippen LogP contribution is 2.32. The predicted molar refractivity (Wildman–Crippen MR) is 60.6 cm³/mol. The maximum absolute atomic E-state index is 11.6. The van der Waals surface area contributed by atoms with Crippen LogP contribution in [0.4, 0.5) is 0 Å². The first-order valence-corrected chi connectivity index (χ1v) is 5.56. The number of hydrogen-bond acceptors (Lipinski definition) is 5. The Morgan fingerprint density at radius 1 is 1.50 bits per heavy atom. The van der Waals surface area contributed by atoms with E-state index in [1.165, 1.54) is 7.11 Å². The molecule has 0 fully saturated rings. The average Bonchev–Trinajstić information content (AvgIpc) is 2.55. The number of rotatable bonds is 5. The number of unbranched alkanes of at least 4 members (excludes halogenated alkanes) is 2. The molecule has 0 aromatic carbocycles. The monoisotopic (exact) mass is 225 g/mol. The Balaban J connectivity index is 2.79. The molecular formula is C11H19N3O2. The summed E-state index contributed by atoms with van der Waals surface area (Å²) in [6, 6.07) is 0. The summed E-state index contributed by atoms with van der Waals surface area (Å²) in [6.45, 7) is 3.84. The summed E-state index contributed by atoms with van der Waals surface area (Å²) in [4.78, 5) is 11.6. The van der Waals surface area contributed by atoms with Crippen molar-refractivity contribution < 1.29 is 9.53 Å². The molecule has 1 unspecified atom stereocenters. The van der Waals surface area contributed by atoms with Crippen molar-refractivity contribution in [2.75, 3.05) is 7.11 Å². The molecule has 0 saturated heterocycles. The van der Waals surface area contributed by atoms with Crippen LogP contribution in [-0.2, 0) is 9.53 Å². The zero-order valence-corrected chi connectivity index (χ0v) is 10.1. The number of allylic oxidation sites excluding steroid dienone is 1. The van der Waals surface area contributed by atoms with Crippen LogP contribution in [0.15, 0.2) is 21.5 Å². The van der Waals surface area contributed by atoms with Gasteiger partial charge in [-0.05, 0) is 19.8 Å². The van der Waals surface area contributed by atoms with E-state index in [-0.39, 0.29) is 0 Å². The maximum atomic E-state index is 11.6. The Labute approximate surface area is 95.8 Å². The van der Waals surface area contributed by atoms with Crippen molar-refractivity contribution in [1.29, 1.82) is 0 Å². The molecule has 0 bridgehead atoms. The molecule has 1 atom stereocenters. The molecule has 0 aromatic rings. The van der Waals surface area contributed by atoms with Gasteiger partial charge in [-0.1, -0.05) is 19.8 Å². The van der Waals surface area contributed by atoms with Gasteiger partial charge in [-0.3, -0.25) is 0 Å². The number of nitrogens with zero attached hydrogens (tertiary/aromatic N) is 2. The van der Waals surface area contributed by atoms with Crippen LogP contribution in [0.3, 0.4) is 0 Å². The van der Waals surface area contributed by atoms with Crippen molar-refractivity contribution in [1.82, 2.24) is 0 Å². The van der Waals surface area contributed by atoms with E-state index in [1.54, 1.807) is 6.92 Å². The minimum Gasteiger partial charge on any atom is -0.465 e. The zero-order valence-electron chi connectivity index (χ0n) is 10.1. The van der Waals surface area contributed by atoms with Gasteiger partial charge in [0.15, 0.2) is 5.66 Å². The first kappa shape index (κ1) is 12.8. The van der Waals surface area contributed by atoms with Gasteiger partial charge >= 0.3 is 5.97 Å². The SMILES string of the molecule is CCCCCC1(N)N=NC(C)=C1C(=O)OC. The fourth-order valence-electron chi connectivity index (χ4n) is 1.82. The molecule has 1 rings (SSSR count). The number of azo groups is 1. The number of methoxy groups -OCH3 is 1. The Morgan fingerprint density at radius 2 is 2.19 bits per heavy atom. The number of carbonyl (C=O) groups excluding carboxylic acids is 1. The Hall–Kier alpha value is -1.23. The maximum Gasteiger partial charge on any atom is 0.339 e. The van der Waals surface area contributed by atoms with Crippen LogP contribution in [-0.4, -0.2) is 18.7 Å². The topological polar surface area (TPSA) is 77.0 Å². The molecule has 1 heterocycles. The molecule has 0 aliphatic carbocycles. The summed E-state index contributed by atoms with van der Waals surface area (Å²) in [5.74, 6) is -0.429. The van der Waals surface area contributed by atoms with E-state index in [4.69, 9.17) is 10.5 Å². The third-order valence-electron chi connectivity index (χ3n) is 2.72. The standard InChI is InChI=1S/C11H19N3O2/c1-4-5-6-7-11(12)9(10(15)16-3)8(2)13-14-11/h4-7,12H2,1-3H3. The van der Waals surface area contributed by atoms with Crippen LogP contribution in [0.2, 0.25) is 0 Å². The van der Waals surface area contributed by atoms with Gasteiger partial charge in [-0.25, -0.2) is 4.79 Å². The van der Waals surface area contributed by atoms with E-state index in [2.05, 4.69) is 17.2 Å². The Morgan fingerprint density at radius 3 is 2.75 bits per heavy atom. The van der Waals surface area contributed by atoms with Gasteiger partial charge in [0.2, 0.25) is 0 Å². The largest absolute Gasteiger partial charge is 0.465 e. The van der Waals surface area contributed by atoms with Crippen molar-refractivity contribution in [2.45, 2.75) is 45.2 Å². The first-order chi connectivity index (χ1) is 7.55. The lowest BCUT2D eigenvalue weighted by atomic mass is 9.94. The predicted octanol–water partition coefficient (Wildman–Crippen LogP) is 2.13. The summed E-state index contributed by atoms with van der Waals surface area (Å²) in [5, 5.41) is 7.90. The van der Waals surface area contributed by atoms with Gasteiger partial charge in [0.25, 0.3) is 0 Å². The van der Waals surface area contributed by atoms with E-state index in [9.17, 15) is 4.79 Å². The molecule has 0 saturated carbocycles. The van der Waals surface area contributed by atoms with Crippen LogP contribution in [0.1, 0.15) is 39.5 Å². The number of esters is 1. The van der Waals surface area contributed by atoms with Crippen molar-refractivity contribution in [3.05, 3.63) is 11.3 Å². The summed E-state index contributed by atoms with van der Waals surface area (Å²) in [6.07, 6.45) is 3.73. The second kappa shape index (κ2) is 5.21. The smallest absolute Gasteiger partial charge is 0.339 e. The summed E-state index contributed by atoms with van der Waals surface area (Å²) < 4.78 is 4.71. The molecule has 0 radical (unpaired) electrons. The van der Waals surface area contributed by atoms with Gasteiger partial charge in [-0.2, -0.15) is 10.2 Å². The van der Waals surface area contributed by atoms with E-state index >= 15 is 0 Å². The Bertz CT molecular complexity index is 336. The molecule has 90 valence electrons. The Kier molecular flexibility index (Phi) is 4.18. The lowest BCUT2D eigenvalue weighted by Gasteiger charge is -2.21. The molecule has 0 spiro atoms. The number of hydrogen-bond donors (Lipinski definition) is 1. The van der Waals surface area contributed by atoms with Crippen LogP contribution in [0, 0.1) is 0 Å². The van der Waals surface area contributed by atoms with Crippen molar-refractivity contribution in [3.63, 3.8) is 0 Å².